The van der Waals surface area contributed by atoms with Crippen molar-refractivity contribution in [2.75, 3.05) is 6.61 Å². The Balaban J connectivity index is 1.52. The van der Waals surface area contributed by atoms with Crippen LogP contribution in [0, 0.1) is 11.3 Å². The number of hydrogen-bond donors (Lipinski definition) is 2. The van der Waals surface area contributed by atoms with Crippen LogP contribution in [0.1, 0.15) is 17.3 Å². The van der Waals surface area contributed by atoms with E-state index in [9.17, 15) is 15.5 Å². The van der Waals surface area contributed by atoms with E-state index in [0.29, 0.717) is 20.6 Å². The van der Waals surface area contributed by atoms with Crippen molar-refractivity contribution in [3.8, 4) is 16.8 Å². The van der Waals surface area contributed by atoms with Gasteiger partial charge in [-0.3, -0.25) is 0 Å². The van der Waals surface area contributed by atoms with Crippen LogP contribution < -0.4 is 0 Å². The van der Waals surface area contributed by atoms with Gasteiger partial charge in [0.1, 0.15) is 46.6 Å². The molecule has 5 atom stereocenters. The van der Waals surface area contributed by atoms with Crippen molar-refractivity contribution in [1.29, 1.82) is 5.26 Å². The third-order valence-corrected chi connectivity index (χ3v) is 7.92. The van der Waals surface area contributed by atoms with Crippen molar-refractivity contribution in [1.82, 2.24) is 25.0 Å². The lowest BCUT2D eigenvalue weighted by atomic mass is 9.97. The molecule has 37 heavy (non-hydrogen) atoms. The topological polar surface area (TPSA) is 139 Å². The molecule has 4 aromatic rings. The Hall–Kier alpha value is -2.89. The Morgan fingerprint density at radius 3 is 2.84 bits per heavy atom. The molecule has 190 valence electrons. The summed E-state index contributed by atoms with van der Waals surface area (Å²) in [4.78, 5) is 8.87. The van der Waals surface area contributed by atoms with Gasteiger partial charge in [-0.05, 0) is 11.6 Å². The van der Waals surface area contributed by atoms with Gasteiger partial charge in [-0.2, -0.15) is 5.26 Å². The number of thioether (sulfide) groups is 1. The van der Waals surface area contributed by atoms with E-state index < -0.39 is 36.4 Å². The van der Waals surface area contributed by atoms with Crippen molar-refractivity contribution < 1.29 is 19.7 Å². The van der Waals surface area contributed by atoms with Gasteiger partial charge in [0.05, 0.1) is 24.4 Å². The number of hydrogen-bond acceptors (Lipinski definition) is 11. The molecule has 10 nitrogen and oxygen atoms in total. The molecule has 1 aliphatic rings. The molecule has 5 rings (SSSR count). The Morgan fingerprint density at radius 1 is 1.27 bits per heavy atom. The monoisotopic (exact) mass is 556 g/mol. The molecule has 0 bridgehead atoms. The minimum atomic E-state index is -1.17. The van der Waals surface area contributed by atoms with Gasteiger partial charge in [-0.1, -0.05) is 58.9 Å². The number of benzene rings is 1. The number of pyridine rings is 1. The van der Waals surface area contributed by atoms with Crippen LogP contribution >= 0.6 is 34.7 Å². The zero-order valence-corrected chi connectivity index (χ0v) is 21.6. The highest BCUT2D eigenvalue weighted by molar-refractivity contribution is 7.99. The molecule has 4 heterocycles. The summed E-state index contributed by atoms with van der Waals surface area (Å²) in [5.74, 6) is 0. The molecule has 0 radical (unpaired) electrons. The second kappa shape index (κ2) is 11.7. The fraction of sp³-hybridized carbons (Fsp3) is 0.292. The van der Waals surface area contributed by atoms with E-state index in [1.54, 1.807) is 18.5 Å². The van der Waals surface area contributed by atoms with Crippen LogP contribution in [-0.2, 0) is 16.1 Å². The summed E-state index contributed by atoms with van der Waals surface area (Å²) in [5.41, 5.74) is 0.892. The summed E-state index contributed by atoms with van der Waals surface area (Å²) in [6.45, 7) is -0.209. The highest BCUT2D eigenvalue weighted by Gasteiger charge is 2.48. The van der Waals surface area contributed by atoms with Crippen LogP contribution in [0.3, 0.4) is 0 Å². The molecule has 0 aliphatic carbocycles. The largest absolute Gasteiger partial charge is 0.394 e. The summed E-state index contributed by atoms with van der Waals surface area (Å²) in [5, 5.41) is 42.2. The lowest BCUT2D eigenvalue weighted by Gasteiger charge is -2.43. The van der Waals surface area contributed by atoms with Gasteiger partial charge >= 0.3 is 0 Å². The van der Waals surface area contributed by atoms with E-state index in [0.717, 1.165) is 5.56 Å². The summed E-state index contributed by atoms with van der Waals surface area (Å²) < 4.78 is 14.0. The first kappa shape index (κ1) is 25.7. The number of aliphatic hydroxyl groups excluding tert-OH is 2. The van der Waals surface area contributed by atoms with Crippen molar-refractivity contribution in [3.05, 3.63) is 76.6 Å². The van der Waals surface area contributed by atoms with Crippen LogP contribution in [0.4, 0.5) is 0 Å². The predicted molar refractivity (Wildman–Crippen MR) is 137 cm³/mol. The van der Waals surface area contributed by atoms with E-state index in [4.69, 9.17) is 21.1 Å². The summed E-state index contributed by atoms with van der Waals surface area (Å²) in [6, 6.07) is 12.5. The third-order valence-electron chi connectivity index (χ3n) is 5.75. The molecule has 0 spiro atoms. The van der Waals surface area contributed by atoms with Gasteiger partial charge in [0, 0.05) is 22.7 Å². The van der Waals surface area contributed by atoms with E-state index in [-0.39, 0.29) is 12.3 Å². The number of ether oxygens (including phenoxy) is 2. The number of nitrogens with zero attached hydrogens (tertiary/aromatic N) is 6. The zero-order valence-electron chi connectivity index (χ0n) is 19.2. The summed E-state index contributed by atoms with van der Waals surface area (Å²) in [7, 11) is 0. The fourth-order valence-corrected chi connectivity index (χ4v) is 6.03. The third kappa shape index (κ3) is 5.68. The molecule has 13 heteroatoms. The van der Waals surface area contributed by atoms with E-state index in [1.165, 1.54) is 34.0 Å². The van der Waals surface area contributed by atoms with Crippen molar-refractivity contribution >= 4 is 34.7 Å². The number of nitriles is 1. The SMILES string of the molecule is N#Cc1ncc(Cl)cc1SC1OC(CO)C(O)C(n2cc(-c3nccs3)nn2)C1OCc1ccccc1. The van der Waals surface area contributed by atoms with Crippen molar-refractivity contribution in [2.45, 2.75) is 41.3 Å². The minimum absolute atomic E-state index is 0.176. The molecule has 1 aromatic carbocycles. The Bertz CT molecular complexity index is 1370. The number of halogens is 1. The van der Waals surface area contributed by atoms with Crippen LogP contribution in [0.2, 0.25) is 5.02 Å². The molecule has 1 aliphatic heterocycles. The van der Waals surface area contributed by atoms with Crippen molar-refractivity contribution in [2.24, 2.45) is 0 Å². The molecule has 5 unspecified atom stereocenters. The molecule has 0 amide bonds. The number of thiazole rings is 1. The van der Waals surface area contributed by atoms with Crippen molar-refractivity contribution in [3.63, 3.8) is 0 Å². The van der Waals surface area contributed by atoms with Crippen LogP contribution in [0.15, 0.2) is 65.3 Å². The highest BCUT2D eigenvalue weighted by Crippen LogP contribution is 2.41. The summed E-state index contributed by atoms with van der Waals surface area (Å²) >= 11 is 8.76. The average molecular weight is 557 g/mol. The Kier molecular flexibility index (Phi) is 8.11. The van der Waals surface area contributed by atoms with E-state index in [2.05, 4.69) is 26.3 Å². The van der Waals surface area contributed by atoms with Gasteiger partial charge in [0.15, 0.2) is 5.69 Å². The molecule has 1 saturated heterocycles. The number of rotatable bonds is 8. The minimum Gasteiger partial charge on any atom is -0.394 e. The number of aromatic nitrogens is 5. The maximum absolute atomic E-state index is 11.3. The molecule has 0 saturated carbocycles. The number of aliphatic hydroxyl groups is 2. The molecule has 1 fully saturated rings. The maximum Gasteiger partial charge on any atom is 0.154 e. The average Bonchev–Trinajstić information content (AvgIpc) is 3.62. The van der Waals surface area contributed by atoms with Crippen LogP contribution in [-0.4, -0.2) is 65.5 Å². The summed E-state index contributed by atoms with van der Waals surface area (Å²) in [6.07, 6.45) is 1.89. The fourth-order valence-electron chi connectivity index (χ4n) is 3.99. The van der Waals surface area contributed by atoms with Crippen LogP contribution in [0.25, 0.3) is 10.7 Å². The first-order valence-electron chi connectivity index (χ1n) is 11.2. The predicted octanol–water partition coefficient (Wildman–Crippen LogP) is 3.32. The Morgan fingerprint density at radius 2 is 2.11 bits per heavy atom. The lowest BCUT2D eigenvalue weighted by Crippen LogP contribution is -2.55. The smallest absolute Gasteiger partial charge is 0.154 e. The highest BCUT2D eigenvalue weighted by atomic mass is 35.5. The quantitative estimate of drug-likeness (QED) is 0.332. The molecular weight excluding hydrogens is 536 g/mol. The van der Waals surface area contributed by atoms with E-state index in [1.807, 2.05) is 35.7 Å². The van der Waals surface area contributed by atoms with Gasteiger partial charge in [0.25, 0.3) is 0 Å². The second-order valence-corrected chi connectivity index (χ2v) is 10.6. The lowest BCUT2D eigenvalue weighted by molar-refractivity contribution is -0.196. The molecule has 2 N–H and O–H groups in total. The van der Waals surface area contributed by atoms with Crippen LogP contribution in [0.5, 0.6) is 0 Å². The van der Waals surface area contributed by atoms with E-state index >= 15 is 0 Å². The first-order chi connectivity index (χ1) is 18.1. The molecular formula is C24H21ClN6O4S2. The Labute approximate surface area is 225 Å². The molecule has 3 aromatic heterocycles. The van der Waals surface area contributed by atoms with Gasteiger partial charge in [-0.25, -0.2) is 14.6 Å². The second-order valence-electron chi connectivity index (χ2n) is 8.12. The van der Waals surface area contributed by atoms with Gasteiger partial charge in [-0.15, -0.1) is 16.4 Å². The standard InChI is InChI=1S/C24H21ClN6O4S2/c25-15-8-19(16(9-26)28-10-15)37-24-22(34-13-14-4-2-1-3-5-14)20(21(33)18(12-32)35-24)31-11-17(29-30-31)23-27-6-7-36-23/h1-8,10-11,18,20-22,24,32-33H,12-13H2. The normalized spacial score (nSPS) is 23.6. The van der Waals surface area contributed by atoms with Gasteiger partial charge in [0.2, 0.25) is 0 Å². The maximum atomic E-state index is 11.3. The first-order valence-corrected chi connectivity index (χ1v) is 13.3. The zero-order chi connectivity index (χ0) is 25.8. The van der Waals surface area contributed by atoms with Gasteiger partial charge < -0.3 is 19.7 Å².